The van der Waals surface area contributed by atoms with Gasteiger partial charge < -0.3 is 15.0 Å². The van der Waals surface area contributed by atoms with Crippen molar-refractivity contribution in [2.75, 3.05) is 24.6 Å². The zero-order valence-electron chi connectivity index (χ0n) is 17.2. The molecule has 1 saturated heterocycles. The topological polar surface area (TPSA) is 67.3 Å². The molecule has 1 unspecified atom stereocenters. The Bertz CT molecular complexity index is 979. The molecule has 1 amide bonds. The zero-order chi connectivity index (χ0) is 21.5. The van der Waals surface area contributed by atoms with E-state index < -0.39 is 5.82 Å². The molecule has 2 aromatic carbocycles. The second-order valence-corrected chi connectivity index (χ2v) is 7.54. The number of halogens is 1. The molecule has 0 saturated carbocycles. The summed E-state index contributed by atoms with van der Waals surface area (Å²) < 4.78 is 19.6. The molecule has 0 radical (unpaired) electrons. The minimum Gasteiger partial charge on any atom is -0.488 e. The Balaban J connectivity index is 1.38. The number of amides is 1. The van der Waals surface area contributed by atoms with E-state index in [0.29, 0.717) is 0 Å². The van der Waals surface area contributed by atoms with Crippen molar-refractivity contribution in [1.29, 1.82) is 0 Å². The lowest BCUT2D eigenvalue weighted by Crippen LogP contribution is -2.42. The van der Waals surface area contributed by atoms with Crippen molar-refractivity contribution < 1.29 is 13.9 Å². The summed E-state index contributed by atoms with van der Waals surface area (Å²) in [6.45, 7) is 1.64. The van der Waals surface area contributed by atoms with Crippen molar-refractivity contribution in [2.24, 2.45) is 5.92 Å². The van der Waals surface area contributed by atoms with Crippen LogP contribution in [0, 0.1) is 11.7 Å². The van der Waals surface area contributed by atoms with Crippen LogP contribution in [0.2, 0.25) is 0 Å². The van der Waals surface area contributed by atoms with Crippen LogP contribution in [0.5, 0.6) is 5.75 Å². The summed E-state index contributed by atoms with van der Waals surface area (Å²) in [4.78, 5) is 23.6. The van der Waals surface area contributed by atoms with Gasteiger partial charge in [-0.25, -0.2) is 9.37 Å². The molecule has 0 spiro atoms. The predicted molar refractivity (Wildman–Crippen MR) is 116 cm³/mol. The number of piperidine rings is 1. The van der Waals surface area contributed by atoms with Crippen molar-refractivity contribution in [3.8, 4) is 5.75 Å². The highest BCUT2D eigenvalue weighted by molar-refractivity contribution is 5.79. The predicted octanol–water partition coefficient (Wildman–Crippen LogP) is 3.77. The number of anilines is 1. The lowest BCUT2D eigenvalue weighted by Gasteiger charge is -2.32. The van der Waals surface area contributed by atoms with Crippen molar-refractivity contribution in [2.45, 2.75) is 18.9 Å². The van der Waals surface area contributed by atoms with E-state index in [1.165, 1.54) is 6.07 Å². The molecule has 2 heterocycles. The first-order valence-corrected chi connectivity index (χ1v) is 10.4. The fourth-order valence-electron chi connectivity index (χ4n) is 3.76. The highest BCUT2D eigenvalue weighted by atomic mass is 19.1. The van der Waals surface area contributed by atoms with Crippen LogP contribution in [0.3, 0.4) is 0 Å². The van der Waals surface area contributed by atoms with Gasteiger partial charge in [0.1, 0.15) is 12.4 Å². The standard InChI is InChI=1S/C24H25FN4O2/c25-20-8-4-5-9-22(20)31-17-21(18-6-2-1-3-7-18)28-24(30)19-10-14-29(15-11-19)23-16-26-12-13-27-23/h1-9,12-13,16,19,21H,10-11,14-15,17H2,(H,28,30). The van der Waals surface area contributed by atoms with Crippen LogP contribution in [-0.2, 0) is 4.79 Å². The van der Waals surface area contributed by atoms with Gasteiger partial charge in [0.05, 0.1) is 12.2 Å². The van der Waals surface area contributed by atoms with Crippen LogP contribution in [0.25, 0.3) is 0 Å². The SMILES string of the molecule is O=C(NC(COc1ccccc1F)c1ccccc1)C1CCN(c2cnccn2)CC1. The van der Waals surface area contributed by atoms with Gasteiger partial charge in [-0.15, -0.1) is 0 Å². The first-order chi connectivity index (χ1) is 15.2. The van der Waals surface area contributed by atoms with Crippen LogP contribution >= 0.6 is 0 Å². The smallest absolute Gasteiger partial charge is 0.223 e. The highest BCUT2D eigenvalue weighted by Crippen LogP contribution is 2.24. The number of aromatic nitrogens is 2. The Kier molecular flexibility index (Phi) is 6.72. The van der Waals surface area contributed by atoms with Crippen molar-refractivity contribution >= 4 is 11.7 Å². The van der Waals surface area contributed by atoms with Gasteiger partial charge in [0.2, 0.25) is 5.91 Å². The Morgan fingerprint density at radius 2 is 1.84 bits per heavy atom. The van der Waals surface area contributed by atoms with Gasteiger partial charge in [-0.3, -0.25) is 9.78 Å². The van der Waals surface area contributed by atoms with Crippen molar-refractivity contribution in [3.05, 3.63) is 84.6 Å². The van der Waals surface area contributed by atoms with Crippen molar-refractivity contribution in [3.63, 3.8) is 0 Å². The van der Waals surface area contributed by atoms with Gasteiger partial charge >= 0.3 is 0 Å². The number of hydrogen-bond acceptors (Lipinski definition) is 5. The van der Waals surface area contributed by atoms with E-state index in [2.05, 4.69) is 20.2 Å². The number of nitrogens with one attached hydrogen (secondary N) is 1. The number of hydrogen-bond donors (Lipinski definition) is 1. The molecular weight excluding hydrogens is 395 g/mol. The average Bonchev–Trinajstić information content (AvgIpc) is 2.84. The minimum atomic E-state index is -0.419. The number of para-hydroxylation sites is 1. The van der Waals surface area contributed by atoms with E-state index in [4.69, 9.17) is 4.74 Å². The van der Waals surface area contributed by atoms with E-state index in [0.717, 1.165) is 37.3 Å². The lowest BCUT2D eigenvalue weighted by molar-refractivity contribution is -0.126. The molecule has 31 heavy (non-hydrogen) atoms. The van der Waals surface area contributed by atoms with Crippen LogP contribution in [0.4, 0.5) is 10.2 Å². The van der Waals surface area contributed by atoms with Gasteiger partial charge in [-0.05, 0) is 30.5 Å². The summed E-state index contributed by atoms with van der Waals surface area (Å²) in [5.41, 5.74) is 0.921. The monoisotopic (exact) mass is 420 g/mol. The molecule has 4 rings (SSSR count). The second-order valence-electron chi connectivity index (χ2n) is 7.54. The van der Waals surface area contributed by atoms with E-state index in [1.54, 1.807) is 36.8 Å². The van der Waals surface area contributed by atoms with Crippen molar-refractivity contribution in [1.82, 2.24) is 15.3 Å². The number of carbonyl (C=O) groups excluding carboxylic acids is 1. The van der Waals surface area contributed by atoms with E-state index >= 15 is 0 Å². The summed E-state index contributed by atoms with van der Waals surface area (Å²) in [6.07, 6.45) is 6.53. The molecule has 0 bridgehead atoms. The van der Waals surface area contributed by atoms with Gasteiger partial charge in [-0.2, -0.15) is 0 Å². The summed E-state index contributed by atoms with van der Waals surface area (Å²) >= 11 is 0. The zero-order valence-corrected chi connectivity index (χ0v) is 17.2. The summed E-state index contributed by atoms with van der Waals surface area (Å²) in [7, 11) is 0. The fourth-order valence-corrected chi connectivity index (χ4v) is 3.76. The maximum Gasteiger partial charge on any atom is 0.223 e. The molecule has 7 heteroatoms. The molecule has 1 aromatic heterocycles. The van der Waals surface area contributed by atoms with Gasteiger partial charge in [0.25, 0.3) is 0 Å². The molecular formula is C24H25FN4O2. The number of rotatable bonds is 7. The molecule has 1 aliphatic rings. The van der Waals surface area contributed by atoms with Crippen LogP contribution < -0.4 is 15.0 Å². The largest absolute Gasteiger partial charge is 0.488 e. The third-order valence-electron chi connectivity index (χ3n) is 5.50. The van der Waals surface area contributed by atoms with Crippen LogP contribution in [0.1, 0.15) is 24.4 Å². The Morgan fingerprint density at radius 3 is 2.55 bits per heavy atom. The highest BCUT2D eigenvalue weighted by Gasteiger charge is 2.28. The van der Waals surface area contributed by atoms with E-state index in [9.17, 15) is 9.18 Å². The molecule has 1 N–H and O–H groups in total. The second kappa shape index (κ2) is 10.0. The Labute approximate surface area is 181 Å². The van der Waals surface area contributed by atoms with Crippen LogP contribution in [-0.4, -0.2) is 35.6 Å². The average molecular weight is 420 g/mol. The maximum absolute atomic E-state index is 13.9. The fraction of sp³-hybridized carbons (Fsp3) is 0.292. The van der Waals surface area contributed by atoms with Gasteiger partial charge in [0.15, 0.2) is 11.6 Å². The first kappa shape index (κ1) is 20.8. The molecule has 1 aliphatic heterocycles. The number of nitrogens with zero attached hydrogens (tertiary/aromatic N) is 3. The van der Waals surface area contributed by atoms with E-state index in [-0.39, 0.29) is 30.2 Å². The molecule has 160 valence electrons. The third-order valence-corrected chi connectivity index (χ3v) is 5.50. The molecule has 1 atom stereocenters. The number of benzene rings is 2. The summed E-state index contributed by atoms with van der Waals surface area (Å²) in [6, 6.07) is 15.5. The van der Waals surface area contributed by atoms with Gasteiger partial charge in [-0.1, -0.05) is 42.5 Å². The maximum atomic E-state index is 13.9. The summed E-state index contributed by atoms with van der Waals surface area (Å²) in [5.74, 6) is 0.492. The number of ether oxygens (including phenoxy) is 1. The molecule has 1 fully saturated rings. The third kappa shape index (κ3) is 5.36. The Hall–Kier alpha value is -3.48. The van der Waals surface area contributed by atoms with Gasteiger partial charge in [0, 0.05) is 31.4 Å². The number of carbonyl (C=O) groups is 1. The summed E-state index contributed by atoms with van der Waals surface area (Å²) in [5, 5.41) is 3.11. The first-order valence-electron chi connectivity index (χ1n) is 10.4. The lowest BCUT2D eigenvalue weighted by atomic mass is 9.95. The molecule has 0 aliphatic carbocycles. The van der Waals surface area contributed by atoms with Crippen LogP contribution in [0.15, 0.2) is 73.2 Å². The normalized spacial score (nSPS) is 15.3. The Morgan fingerprint density at radius 1 is 1.10 bits per heavy atom. The molecule has 6 nitrogen and oxygen atoms in total. The molecule has 3 aromatic rings. The van der Waals surface area contributed by atoms with E-state index in [1.807, 2.05) is 30.3 Å². The minimum absolute atomic E-state index is 0.00946. The quantitative estimate of drug-likeness (QED) is 0.630.